The van der Waals surface area contributed by atoms with E-state index in [2.05, 4.69) is 4.98 Å². The molecule has 0 amide bonds. The van der Waals surface area contributed by atoms with E-state index in [4.69, 9.17) is 9.47 Å². The first-order chi connectivity index (χ1) is 12.2. The average molecular weight is 364 g/mol. The number of esters is 1. The number of hydrogen-bond acceptors (Lipinski definition) is 6. The van der Waals surface area contributed by atoms with Crippen LogP contribution in [0.3, 0.4) is 0 Å². The van der Waals surface area contributed by atoms with Crippen molar-refractivity contribution in [3.8, 4) is 0 Å². The lowest BCUT2D eigenvalue weighted by molar-refractivity contribution is -0.149. The molecule has 0 fully saturated rings. The van der Waals surface area contributed by atoms with Crippen LogP contribution >= 0.6 is 11.3 Å². The summed E-state index contributed by atoms with van der Waals surface area (Å²) in [6.45, 7) is 4.90. The number of carbonyl (C=O) groups excluding carboxylic acids is 1. The predicted molar refractivity (Wildman–Crippen MR) is 97.3 cm³/mol. The van der Waals surface area contributed by atoms with E-state index in [9.17, 15) is 9.59 Å². The van der Waals surface area contributed by atoms with Gasteiger partial charge in [0.05, 0.1) is 18.3 Å². The van der Waals surface area contributed by atoms with Crippen LogP contribution in [0.2, 0.25) is 0 Å². The van der Waals surface area contributed by atoms with Crippen molar-refractivity contribution in [3.63, 3.8) is 0 Å². The van der Waals surface area contributed by atoms with E-state index in [0.29, 0.717) is 25.0 Å². The van der Waals surface area contributed by atoms with Gasteiger partial charge in [-0.3, -0.25) is 9.36 Å². The number of aromatic nitrogens is 2. The zero-order valence-electron chi connectivity index (χ0n) is 14.7. The van der Waals surface area contributed by atoms with Crippen LogP contribution in [-0.4, -0.2) is 35.3 Å². The molecule has 0 bridgehead atoms. The van der Waals surface area contributed by atoms with Crippen molar-refractivity contribution in [2.45, 2.75) is 52.0 Å². The molecule has 1 atom stereocenters. The maximum Gasteiger partial charge on any atom is 0.329 e. The Morgan fingerprint density at radius 1 is 1.32 bits per heavy atom. The molecule has 0 saturated carbocycles. The minimum atomic E-state index is -0.648. The Labute approximate surface area is 150 Å². The van der Waals surface area contributed by atoms with E-state index in [-0.39, 0.29) is 12.2 Å². The van der Waals surface area contributed by atoms with E-state index in [1.54, 1.807) is 11.3 Å². The van der Waals surface area contributed by atoms with Crippen molar-refractivity contribution in [1.82, 2.24) is 9.55 Å². The summed E-state index contributed by atoms with van der Waals surface area (Å²) in [5.74, 6) is -0.408. The second kappa shape index (κ2) is 8.10. The van der Waals surface area contributed by atoms with Crippen LogP contribution in [0.25, 0.3) is 10.2 Å². The van der Waals surface area contributed by atoms with Gasteiger partial charge in [-0.2, -0.15) is 0 Å². The lowest BCUT2D eigenvalue weighted by atomic mass is 9.97. The van der Waals surface area contributed by atoms with E-state index in [0.717, 1.165) is 36.1 Å². The van der Waals surface area contributed by atoms with E-state index >= 15 is 0 Å². The van der Waals surface area contributed by atoms with Gasteiger partial charge in [-0.25, -0.2) is 9.78 Å². The molecule has 25 heavy (non-hydrogen) atoms. The Morgan fingerprint density at radius 3 is 2.88 bits per heavy atom. The third kappa shape index (κ3) is 3.62. The number of thiophene rings is 1. The summed E-state index contributed by atoms with van der Waals surface area (Å²) in [5, 5.41) is 0.697. The Bertz CT molecular complexity index is 811. The smallest absolute Gasteiger partial charge is 0.329 e. The van der Waals surface area contributed by atoms with Gasteiger partial charge in [0.25, 0.3) is 5.56 Å². The maximum absolute atomic E-state index is 13.0. The molecular weight excluding hydrogens is 340 g/mol. The Morgan fingerprint density at radius 2 is 2.12 bits per heavy atom. The number of nitrogens with zero attached hydrogens (tertiary/aromatic N) is 2. The molecule has 0 unspecified atom stereocenters. The van der Waals surface area contributed by atoms with Crippen molar-refractivity contribution < 1.29 is 14.3 Å². The number of ether oxygens (including phenoxy) is 2. The van der Waals surface area contributed by atoms with Gasteiger partial charge < -0.3 is 9.47 Å². The van der Waals surface area contributed by atoms with Gasteiger partial charge in [-0.1, -0.05) is 6.92 Å². The number of fused-ring (bicyclic) bond motifs is 3. The maximum atomic E-state index is 13.0. The van der Waals surface area contributed by atoms with Gasteiger partial charge >= 0.3 is 5.97 Å². The van der Waals surface area contributed by atoms with E-state index < -0.39 is 12.0 Å². The highest BCUT2D eigenvalue weighted by Crippen LogP contribution is 2.33. The van der Waals surface area contributed by atoms with E-state index in [1.165, 1.54) is 15.8 Å². The van der Waals surface area contributed by atoms with Crippen LogP contribution in [0.15, 0.2) is 11.1 Å². The summed E-state index contributed by atoms with van der Waals surface area (Å²) in [6, 6.07) is -0.648. The topological polar surface area (TPSA) is 70.4 Å². The predicted octanol–water partition coefficient (Wildman–Crippen LogP) is 2.87. The van der Waals surface area contributed by atoms with Gasteiger partial charge in [0.15, 0.2) is 0 Å². The molecule has 0 aromatic carbocycles. The summed E-state index contributed by atoms with van der Waals surface area (Å²) in [7, 11) is 0. The van der Waals surface area contributed by atoms with Gasteiger partial charge in [0.1, 0.15) is 17.5 Å². The van der Waals surface area contributed by atoms with E-state index in [1.807, 2.05) is 13.8 Å². The number of aryl methyl sites for hydroxylation is 2. The molecule has 1 aliphatic carbocycles. The third-order valence-electron chi connectivity index (χ3n) is 4.57. The molecule has 0 aliphatic heterocycles. The van der Waals surface area contributed by atoms with Crippen LogP contribution < -0.4 is 5.56 Å². The quantitative estimate of drug-likeness (QED) is 0.558. The van der Waals surface area contributed by atoms with Crippen LogP contribution in [-0.2, 0) is 27.1 Å². The Balaban J connectivity index is 1.90. The first-order valence-corrected chi connectivity index (χ1v) is 9.74. The van der Waals surface area contributed by atoms with Crippen LogP contribution in [0.4, 0.5) is 0 Å². The molecular formula is C18H24N2O4S. The molecule has 2 aromatic heterocycles. The third-order valence-corrected chi connectivity index (χ3v) is 5.77. The molecule has 2 heterocycles. The largest absolute Gasteiger partial charge is 0.462 e. The standard InChI is InChI=1S/C18H24N2O4S/c1-3-13(18(22)24-10-9-23-4-2)20-11-19-16-15(17(20)21)12-7-5-6-8-14(12)25-16/h11,13H,3-10H2,1-2H3/t13-/m1/s1. The Hall–Kier alpha value is -1.73. The molecule has 136 valence electrons. The zero-order chi connectivity index (χ0) is 17.8. The van der Waals surface area contributed by atoms with Crippen molar-refractivity contribution in [2.75, 3.05) is 19.8 Å². The fourth-order valence-corrected chi connectivity index (χ4v) is 4.52. The second-order valence-electron chi connectivity index (χ2n) is 6.14. The fraction of sp³-hybridized carbons (Fsp3) is 0.611. The number of carbonyl (C=O) groups is 1. The molecule has 0 N–H and O–H groups in total. The Kier molecular flexibility index (Phi) is 5.86. The summed E-state index contributed by atoms with van der Waals surface area (Å²) >= 11 is 1.61. The lowest BCUT2D eigenvalue weighted by Gasteiger charge is -2.17. The first kappa shape index (κ1) is 18.1. The van der Waals surface area contributed by atoms with Crippen molar-refractivity contribution in [3.05, 3.63) is 27.1 Å². The van der Waals surface area contributed by atoms with Gasteiger partial charge in [-0.15, -0.1) is 11.3 Å². The minimum Gasteiger partial charge on any atom is -0.462 e. The lowest BCUT2D eigenvalue weighted by Crippen LogP contribution is -2.31. The normalized spacial score (nSPS) is 15.1. The molecule has 6 nitrogen and oxygen atoms in total. The second-order valence-corrected chi connectivity index (χ2v) is 7.22. The summed E-state index contributed by atoms with van der Waals surface area (Å²) in [5.41, 5.74) is 1.01. The molecule has 3 rings (SSSR count). The van der Waals surface area contributed by atoms with Crippen molar-refractivity contribution >= 4 is 27.5 Å². The van der Waals surface area contributed by atoms with Crippen molar-refractivity contribution in [1.29, 1.82) is 0 Å². The zero-order valence-corrected chi connectivity index (χ0v) is 15.6. The average Bonchev–Trinajstić information content (AvgIpc) is 3.00. The summed E-state index contributed by atoms with van der Waals surface area (Å²) < 4.78 is 11.9. The van der Waals surface area contributed by atoms with Gasteiger partial charge in [0, 0.05) is 11.5 Å². The van der Waals surface area contributed by atoms with Crippen LogP contribution in [0.1, 0.15) is 49.6 Å². The SMILES string of the molecule is CCOCCOC(=O)[C@@H](CC)n1cnc2sc3c(c2c1=O)CCCC3. The van der Waals surface area contributed by atoms with Gasteiger partial charge in [0.2, 0.25) is 0 Å². The molecule has 0 radical (unpaired) electrons. The minimum absolute atomic E-state index is 0.127. The highest BCUT2D eigenvalue weighted by Gasteiger charge is 2.25. The molecule has 1 aliphatic rings. The van der Waals surface area contributed by atoms with Crippen LogP contribution in [0, 0.1) is 0 Å². The summed E-state index contributed by atoms with van der Waals surface area (Å²) in [4.78, 5) is 31.9. The highest BCUT2D eigenvalue weighted by molar-refractivity contribution is 7.18. The van der Waals surface area contributed by atoms with Crippen molar-refractivity contribution in [2.24, 2.45) is 0 Å². The molecule has 2 aromatic rings. The highest BCUT2D eigenvalue weighted by atomic mass is 32.1. The molecule has 0 saturated heterocycles. The monoisotopic (exact) mass is 364 g/mol. The number of rotatable bonds is 7. The number of hydrogen-bond donors (Lipinski definition) is 0. The fourth-order valence-electron chi connectivity index (χ4n) is 3.30. The molecule has 0 spiro atoms. The molecule has 7 heteroatoms. The first-order valence-electron chi connectivity index (χ1n) is 8.93. The summed E-state index contributed by atoms with van der Waals surface area (Å²) in [6.07, 6.45) is 6.18. The van der Waals surface area contributed by atoms with Crippen LogP contribution in [0.5, 0.6) is 0 Å². The van der Waals surface area contributed by atoms with Gasteiger partial charge in [-0.05, 0) is 44.6 Å².